The molecule has 0 fully saturated rings. The van der Waals surface area contributed by atoms with Crippen LogP contribution in [0.25, 0.3) is 0 Å². The Balaban J connectivity index is 4.05. The molecule has 296 valence electrons. The molecular formula is C47H96O2. The Morgan fingerprint density at radius 2 is 0.571 bits per heavy atom. The zero-order valence-electron chi connectivity index (χ0n) is 36.3. The predicted molar refractivity (Wildman–Crippen MR) is 222 cm³/mol. The van der Waals surface area contributed by atoms with Crippen molar-refractivity contribution in [2.75, 3.05) is 19.8 Å². The van der Waals surface area contributed by atoms with E-state index < -0.39 is 0 Å². The maximum atomic E-state index is 6.46. The van der Waals surface area contributed by atoms with Gasteiger partial charge in [-0.3, -0.25) is 0 Å². The Bertz CT molecular complexity index is 671. The summed E-state index contributed by atoms with van der Waals surface area (Å²) in [5.74, 6) is 7.53. The maximum Gasteiger partial charge on any atom is 0.0808 e. The molecule has 0 aliphatic carbocycles. The third-order valence-electron chi connectivity index (χ3n) is 11.6. The van der Waals surface area contributed by atoms with E-state index in [9.17, 15) is 0 Å². The first kappa shape index (κ1) is 48.9. The van der Waals surface area contributed by atoms with E-state index in [0.717, 1.165) is 79.5 Å². The van der Waals surface area contributed by atoms with Gasteiger partial charge in [-0.05, 0) is 78.9 Å². The van der Waals surface area contributed by atoms with Crippen LogP contribution in [0.2, 0.25) is 0 Å². The molecule has 0 radical (unpaired) electrons. The zero-order chi connectivity index (χ0) is 36.9. The predicted octanol–water partition coefficient (Wildman–Crippen LogP) is 15.8. The number of hydrogen-bond acceptors (Lipinski definition) is 2. The normalized spacial score (nSPS) is 16.7. The van der Waals surface area contributed by atoms with E-state index in [1.54, 1.807) is 0 Å². The van der Waals surface area contributed by atoms with E-state index in [1.807, 2.05) is 0 Å². The molecule has 0 heterocycles. The summed E-state index contributed by atoms with van der Waals surface area (Å²) in [6.07, 6.45) is 30.2. The van der Waals surface area contributed by atoms with Crippen molar-refractivity contribution >= 4 is 0 Å². The second-order valence-electron chi connectivity index (χ2n) is 19.1. The molecule has 0 aliphatic rings. The number of ether oxygens (including phenoxy) is 2. The van der Waals surface area contributed by atoms with E-state index in [0.29, 0.717) is 0 Å². The number of rotatable bonds is 36. The van der Waals surface area contributed by atoms with E-state index >= 15 is 0 Å². The van der Waals surface area contributed by atoms with Gasteiger partial charge in [-0.25, -0.2) is 0 Å². The molecule has 0 saturated carbocycles. The summed E-state index contributed by atoms with van der Waals surface area (Å²) in [6.45, 7) is 31.4. The Morgan fingerprint density at radius 3 is 0.898 bits per heavy atom. The first-order chi connectivity index (χ1) is 23.3. The summed E-state index contributed by atoms with van der Waals surface area (Å²) >= 11 is 0. The minimum Gasteiger partial charge on any atom is -0.379 e. The lowest BCUT2D eigenvalue weighted by atomic mass is 9.91. The van der Waals surface area contributed by atoms with E-state index in [-0.39, 0.29) is 6.10 Å². The standard InChI is InChI=1S/C47H96O2/c1-38(2)19-13-21-41(7)23-15-25-43(9)27-17-29-45(11)33-35-48-37-47(32-31-40(5)6)49-36-34-46(12)30-18-28-44(10)26-16-24-42(8)22-14-20-39(3)4/h38-47H,13-37H2,1-12H3. The molecule has 7 atom stereocenters. The quantitative estimate of drug-likeness (QED) is 0.0609. The molecule has 0 aromatic carbocycles. The summed E-state index contributed by atoms with van der Waals surface area (Å²) < 4.78 is 12.7. The van der Waals surface area contributed by atoms with Gasteiger partial charge in [0.25, 0.3) is 0 Å². The van der Waals surface area contributed by atoms with Crippen molar-refractivity contribution in [1.82, 2.24) is 0 Å². The van der Waals surface area contributed by atoms with Crippen molar-refractivity contribution in [2.24, 2.45) is 53.3 Å². The molecule has 0 amide bonds. The summed E-state index contributed by atoms with van der Waals surface area (Å²) in [7, 11) is 0. The largest absolute Gasteiger partial charge is 0.379 e. The summed E-state index contributed by atoms with van der Waals surface area (Å²) in [6, 6.07) is 0. The van der Waals surface area contributed by atoms with Crippen LogP contribution >= 0.6 is 0 Å². The minimum absolute atomic E-state index is 0.261. The van der Waals surface area contributed by atoms with E-state index in [2.05, 4.69) is 83.1 Å². The van der Waals surface area contributed by atoms with Gasteiger partial charge in [0, 0.05) is 13.2 Å². The fraction of sp³-hybridized carbons (Fsp3) is 1.00. The molecule has 2 heteroatoms. The molecule has 0 aliphatic heterocycles. The highest BCUT2D eigenvalue weighted by molar-refractivity contribution is 4.65. The van der Waals surface area contributed by atoms with Crippen molar-refractivity contribution in [2.45, 2.75) is 230 Å². The van der Waals surface area contributed by atoms with Crippen molar-refractivity contribution in [3.05, 3.63) is 0 Å². The fourth-order valence-corrected chi connectivity index (χ4v) is 7.54. The molecule has 0 rings (SSSR count). The summed E-state index contributed by atoms with van der Waals surface area (Å²) in [5.41, 5.74) is 0. The number of hydrogen-bond donors (Lipinski definition) is 0. The van der Waals surface area contributed by atoms with Gasteiger partial charge in [-0.2, -0.15) is 0 Å². The highest BCUT2D eigenvalue weighted by atomic mass is 16.5. The Labute approximate surface area is 312 Å². The highest BCUT2D eigenvalue weighted by Crippen LogP contribution is 2.25. The Kier molecular flexibility index (Phi) is 32.5. The smallest absolute Gasteiger partial charge is 0.0808 e. The molecule has 0 N–H and O–H groups in total. The lowest BCUT2D eigenvalue weighted by Crippen LogP contribution is -2.22. The molecule has 49 heavy (non-hydrogen) atoms. The van der Waals surface area contributed by atoms with Crippen LogP contribution in [0.15, 0.2) is 0 Å². The van der Waals surface area contributed by atoms with Gasteiger partial charge < -0.3 is 9.47 Å². The minimum atomic E-state index is 0.261. The first-order valence-electron chi connectivity index (χ1n) is 22.5. The van der Waals surface area contributed by atoms with Crippen LogP contribution in [-0.2, 0) is 9.47 Å². The van der Waals surface area contributed by atoms with Crippen molar-refractivity contribution in [3.63, 3.8) is 0 Å². The second kappa shape index (κ2) is 32.6. The van der Waals surface area contributed by atoms with Crippen LogP contribution in [0.5, 0.6) is 0 Å². The van der Waals surface area contributed by atoms with Crippen molar-refractivity contribution < 1.29 is 9.47 Å². The SMILES string of the molecule is CC(C)CCCC(C)CCCC(C)CCCC(C)CCOCC(CCC(C)C)OCCC(C)CCCC(C)CCCC(C)CCCC(C)C. The monoisotopic (exact) mass is 693 g/mol. The maximum absolute atomic E-state index is 6.46. The lowest BCUT2D eigenvalue weighted by Gasteiger charge is -2.21. The third-order valence-corrected chi connectivity index (χ3v) is 11.6. The van der Waals surface area contributed by atoms with Crippen LogP contribution in [0, 0.1) is 53.3 Å². The zero-order valence-corrected chi connectivity index (χ0v) is 36.3. The molecule has 0 bridgehead atoms. The molecular weight excluding hydrogens is 597 g/mol. The van der Waals surface area contributed by atoms with Gasteiger partial charge in [0.2, 0.25) is 0 Å². The van der Waals surface area contributed by atoms with Crippen LogP contribution in [-0.4, -0.2) is 25.9 Å². The summed E-state index contributed by atoms with van der Waals surface area (Å²) in [4.78, 5) is 0. The summed E-state index contributed by atoms with van der Waals surface area (Å²) in [5, 5.41) is 0. The molecule has 0 saturated heterocycles. The van der Waals surface area contributed by atoms with Gasteiger partial charge in [0.15, 0.2) is 0 Å². The van der Waals surface area contributed by atoms with E-state index in [1.165, 1.54) is 135 Å². The van der Waals surface area contributed by atoms with Crippen LogP contribution in [0.3, 0.4) is 0 Å². The van der Waals surface area contributed by atoms with Gasteiger partial charge in [-0.1, -0.05) is 199 Å². The van der Waals surface area contributed by atoms with Crippen molar-refractivity contribution in [1.29, 1.82) is 0 Å². The van der Waals surface area contributed by atoms with E-state index in [4.69, 9.17) is 9.47 Å². The average molecular weight is 693 g/mol. The highest BCUT2D eigenvalue weighted by Gasteiger charge is 2.14. The Hall–Kier alpha value is -0.0800. The van der Waals surface area contributed by atoms with Crippen LogP contribution < -0.4 is 0 Å². The van der Waals surface area contributed by atoms with Gasteiger partial charge in [0.05, 0.1) is 12.7 Å². The molecule has 2 nitrogen and oxygen atoms in total. The lowest BCUT2D eigenvalue weighted by molar-refractivity contribution is -0.0285. The topological polar surface area (TPSA) is 18.5 Å². The fourth-order valence-electron chi connectivity index (χ4n) is 7.54. The average Bonchev–Trinajstić information content (AvgIpc) is 3.01. The van der Waals surface area contributed by atoms with Gasteiger partial charge in [0.1, 0.15) is 0 Å². The van der Waals surface area contributed by atoms with Crippen LogP contribution in [0.1, 0.15) is 224 Å². The first-order valence-corrected chi connectivity index (χ1v) is 22.5. The third kappa shape index (κ3) is 34.8. The molecule has 0 aromatic rings. The Morgan fingerprint density at radius 1 is 0.286 bits per heavy atom. The second-order valence-corrected chi connectivity index (χ2v) is 19.1. The van der Waals surface area contributed by atoms with Crippen LogP contribution in [0.4, 0.5) is 0 Å². The van der Waals surface area contributed by atoms with Crippen molar-refractivity contribution in [3.8, 4) is 0 Å². The van der Waals surface area contributed by atoms with Gasteiger partial charge >= 0.3 is 0 Å². The molecule has 0 aromatic heterocycles. The van der Waals surface area contributed by atoms with Gasteiger partial charge in [-0.15, -0.1) is 0 Å². The molecule has 7 unspecified atom stereocenters. The molecule has 0 spiro atoms.